The first kappa shape index (κ1) is 17.0. The van der Waals surface area contributed by atoms with E-state index in [4.69, 9.17) is 0 Å². The quantitative estimate of drug-likeness (QED) is 0.883. The van der Waals surface area contributed by atoms with Crippen LogP contribution in [-0.2, 0) is 16.6 Å². The lowest BCUT2D eigenvalue weighted by Crippen LogP contribution is -2.29. The van der Waals surface area contributed by atoms with Crippen molar-refractivity contribution in [1.29, 1.82) is 0 Å². The van der Waals surface area contributed by atoms with Gasteiger partial charge in [-0.2, -0.15) is 0 Å². The molecule has 0 aliphatic carbocycles. The van der Waals surface area contributed by atoms with E-state index in [2.05, 4.69) is 5.32 Å². The predicted octanol–water partition coefficient (Wildman–Crippen LogP) is 2.40. The molecular formula is C17H20N2O3S. The van der Waals surface area contributed by atoms with Gasteiger partial charge >= 0.3 is 0 Å². The molecule has 0 saturated carbocycles. The van der Waals surface area contributed by atoms with Crippen molar-refractivity contribution < 1.29 is 13.2 Å². The van der Waals surface area contributed by atoms with E-state index in [0.29, 0.717) is 17.8 Å². The molecule has 0 aliphatic heterocycles. The molecule has 6 heteroatoms. The van der Waals surface area contributed by atoms with Crippen molar-refractivity contribution in [2.75, 3.05) is 17.1 Å². The molecule has 1 N–H and O–H groups in total. The third-order valence-electron chi connectivity index (χ3n) is 3.32. The van der Waals surface area contributed by atoms with E-state index in [9.17, 15) is 13.2 Å². The molecule has 23 heavy (non-hydrogen) atoms. The number of anilines is 1. The zero-order valence-electron chi connectivity index (χ0n) is 13.2. The van der Waals surface area contributed by atoms with Gasteiger partial charge in [0.05, 0.1) is 18.5 Å². The van der Waals surface area contributed by atoms with Gasteiger partial charge in [0.25, 0.3) is 5.91 Å². The third-order valence-corrected chi connectivity index (χ3v) is 4.46. The number of hydrogen-bond acceptors (Lipinski definition) is 3. The Balaban J connectivity index is 2.23. The summed E-state index contributed by atoms with van der Waals surface area (Å²) in [6.07, 6.45) is 1.18. The predicted molar refractivity (Wildman–Crippen MR) is 91.9 cm³/mol. The topological polar surface area (TPSA) is 66.5 Å². The van der Waals surface area contributed by atoms with Gasteiger partial charge in [-0.05, 0) is 36.8 Å². The number of amides is 1. The molecular weight excluding hydrogens is 312 g/mol. The summed E-state index contributed by atoms with van der Waals surface area (Å²) < 4.78 is 25.5. The van der Waals surface area contributed by atoms with E-state index >= 15 is 0 Å². The van der Waals surface area contributed by atoms with Gasteiger partial charge in [0.15, 0.2) is 0 Å². The van der Waals surface area contributed by atoms with Crippen LogP contribution in [0.3, 0.4) is 0 Å². The molecule has 0 radical (unpaired) electrons. The number of carbonyl (C=O) groups is 1. The number of hydrogen-bond donors (Lipinski definition) is 1. The van der Waals surface area contributed by atoms with E-state index in [1.807, 2.05) is 13.0 Å². The van der Waals surface area contributed by atoms with Gasteiger partial charge in [-0.1, -0.05) is 30.3 Å². The van der Waals surface area contributed by atoms with Crippen LogP contribution in [-0.4, -0.2) is 27.1 Å². The van der Waals surface area contributed by atoms with E-state index in [0.717, 1.165) is 5.56 Å². The second-order valence-electron chi connectivity index (χ2n) is 5.16. The van der Waals surface area contributed by atoms with Gasteiger partial charge in [-0.3, -0.25) is 9.10 Å². The summed E-state index contributed by atoms with van der Waals surface area (Å²) in [6, 6.07) is 15.9. The minimum Gasteiger partial charge on any atom is -0.352 e. The fraction of sp³-hybridized carbons (Fsp3) is 0.235. The molecule has 0 heterocycles. The highest BCUT2D eigenvalue weighted by atomic mass is 32.2. The second kappa shape index (κ2) is 7.28. The van der Waals surface area contributed by atoms with E-state index in [1.54, 1.807) is 48.5 Å². The lowest BCUT2D eigenvalue weighted by Gasteiger charge is -2.22. The lowest BCUT2D eigenvalue weighted by molar-refractivity contribution is 0.0956. The average molecular weight is 332 g/mol. The molecule has 1 amide bonds. The summed E-state index contributed by atoms with van der Waals surface area (Å²) >= 11 is 0. The summed E-state index contributed by atoms with van der Waals surface area (Å²) in [5.74, 6) is -0.137. The summed E-state index contributed by atoms with van der Waals surface area (Å²) in [7, 11) is -3.40. The van der Waals surface area contributed by atoms with Crippen LogP contribution in [0.15, 0.2) is 54.6 Å². The van der Waals surface area contributed by atoms with Crippen LogP contribution in [0.5, 0.6) is 0 Å². The van der Waals surface area contributed by atoms with Crippen molar-refractivity contribution in [1.82, 2.24) is 5.32 Å². The normalized spacial score (nSPS) is 11.0. The molecule has 0 aliphatic rings. The van der Waals surface area contributed by atoms with Crippen LogP contribution >= 0.6 is 0 Å². The number of para-hydroxylation sites is 1. The maximum atomic E-state index is 12.1. The SMILES string of the molecule is CCNC(=O)c1ccc(CN(c2ccccc2)S(C)(=O)=O)cc1. The van der Waals surface area contributed by atoms with Crippen molar-refractivity contribution in [2.24, 2.45) is 0 Å². The summed E-state index contributed by atoms with van der Waals surface area (Å²) in [4.78, 5) is 11.7. The minimum absolute atomic E-state index is 0.137. The molecule has 0 bridgehead atoms. The van der Waals surface area contributed by atoms with Crippen molar-refractivity contribution >= 4 is 21.6 Å². The molecule has 0 unspecified atom stereocenters. The van der Waals surface area contributed by atoms with Gasteiger partial charge in [-0.15, -0.1) is 0 Å². The van der Waals surface area contributed by atoms with Crippen molar-refractivity contribution in [3.8, 4) is 0 Å². The average Bonchev–Trinajstić information content (AvgIpc) is 2.53. The highest BCUT2D eigenvalue weighted by Crippen LogP contribution is 2.20. The summed E-state index contributed by atoms with van der Waals surface area (Å²) in [6.45, 7) is 2.64. The molecule has 0 aromatic heterocycles. The van der Waals surface area contributed by atoms with Crippen molar-refractivity contribution in [3.05, 3.63) is 65.7 Å². The van der Waals surface area contributed by atoms with Crippen LogP contribution in [0.4, 0.5) is 5.69 Å². The highest BCUT2D eigenvalue weighted by molar-refractivity contribution is 7.92. The van der Waals surface area contributed by atoms with E-state index < -0.39 is 10.0 Å². The van der Waals surface area contributed by atoms with Gasteiger partial charge < -0.3 is 5.32 Å². The van der Waals surface area contributed by atoms with Crippen LogP contribution in [0.1, 0.15) is 22.8 Å². The Morgan fingerprint density at radius 1 is 1.04 bits per heavy atom. The van der Waals surface area contributed by atoms with E-state index in [-0.39, 0.29) is 12.5 Å². The number of rotatable bonds is 6. The smallest absolute Gasteiger partial charge is 0.251 e. The molecule has 5 nitrogen and oxygen atoms in total. The Bertz CT molecular complexity index is 756. The van der Waals surface area contributed by atoms with Crippen LogP contribution in [0.2, 0.25) is 0 Å². The zero-order chi connectivity index (χ0) is 16.9. The van der Waals surface area contributed by atoms with Crippen molar-refractivity contribution in [2.45, 2.75) is 13.5 Å². The molecule has 0 fully saturated rings. The van der Waals surface area contributed by atoms with Gasteiger partial charge in [0, 0.05) is 12.1 Å². The van der Waals surface area contributed by atoms with Crippen LogP contribution in [0.25, 0.3) is 0 Å². The zero-order valence-corrected chi connectivity index (χ0v) is 14.0. The largest absolute Gasteiger partial charge is 0.352 e. The highest BCUT2D eigenvalue weighted by Gasteiger charge is 2.17. The molecule has 0 atom stereocenters. The Kier molecular flexibility index (Phi) is 5.39. The van der Waals surface area contributed by atoms with Gasteiger partial charge in [0.1, 0.15) is 0 Å². The van der Waals surface area contributed by atoms with Crippen LogP contribution in [0, 0.1) is 0 Å². The van der Waals surface area contributed by atoms with Gasteiger partial charge in [0.2, 0.25) is 10.0 Å². The Morgan fingerprint density at radius 2 is 1.65 bits per heavy atom. The molecule has 0 spiro atoms. The van der Waals surface area contributed by atoms with Crippen molar-refractivity contribution in [3.63, 3.8) is 0 Å². The summed E-state index contributed by atoms with van der Waals surface area (Å²) in [5.41, 5.74) is 1.98. The monoisotopic (exact) mass is 332 g/mol. The van der Waals surface area contributed by atoms with Crippen LogP contribution < -0.4 is 9.62 Å². The molecule has 2 rings (SSSR count). The Labute approximate surface area is 137 Å². The second-order valence-corrected chi connectivity index (χ2v) is 7.07. The number of sulfonamides is 1. The number of benzene rings is 2. The Morgan fingerprint density at radius 3 is 2.17 bits per heavy atom. The third kappa shape index (κ3) is 4.56. The molecule has 122 valence electrons. The molecule has 2 aromatic rings. The number of nitrogens with zero attached hydrogens (tertiary/aromatic N) is 1. The summed E-state index contributed by atoms with van der Waals surface area (Å²) in [5, 5.41) is 2.73. The Hall–Kier alpha value is -2.34. The lowest BCUT2D eigenvalue weighted by atomic mass is 10.1. The minimum atomic E-state index is -3.40. The first-order chi connectivity index (χ1) is 10.9. The number of nitrogens with one attached hydrogen (secondary N) is 1. The molecule has 2 aromatic carbocycles. The standard InChI is InChI=1S/C17H20N2O3S/c1-3-18-17(20)15-11-9-14(10-12-15)13-19(23(2,21)22)16-7-5-4-6-8-16/h4-12H,3,13H2,1-2H3,(H,18,20). The first-order valence-electron chi connectivity index (χ1n) is 7.31. The maximum Gasteiger partial charge on any atom is 0.251 e. The van der Waals surface area contributed by atoms with Gasteiger partial charge in [-0.25, -0.2) is 8.42 Å². The molecule has 0 saturated heterocycles. The number of carbonyl (C=O) groups excluding carboxylic acids is 1. The fourth-order valence-electron chi connectivity index (χ4n) is 2.18. The van der Waals surface area contributed by atoms with E-state index in [1.165, 1.54) is 10.6 Å². The first-order valence-corrected chi connectivity index (χ1v) is 9.16. The fourth-order valence-corrected chi connectivity index (χ4v) is 3.07. The maximum absolute atomic E-state index is 12.1.